The smallest absolute Gasteiger partial charge is 0.262 e. The maximum absolute atomic E-state index is 5.91. The molecule has 0 unspecified atom stereocenters. The van der Waals surface area contributed by atoms with Crippen molar-refractivity contribution < 1.29 is 23.5 Å². The number of hydrogen-bond acceptors (Lipinski definition) is 7. The molecule has 0 atom stereocenters. The van der Waals surface area contributed by atoms with E-state index >= 15 is 0 Å². The third kappa shape index (κ3) is 4.45. The number of ether oxygens (including phenoxy) is 4. The van der Waals surface area contributed by atoms with Gasteiger partial charge in [-0.3, -0.25) is 0 Å². The molecule has 4 aromatic rings. The maximum Gasteiger partial charge on any atom is 0.262 e. The third-order valence-corrected chi connectivity index (χ3v) is 4.72. The molecule has 0 aliphatic heterocycles. The fraction of sp³-hybridized carbons (Fsp3) is 0.167. The van der Waals surface area contributed by atoms with Crippen LogP contribution < -0.4 is 18.9 Å². The lowest BCUT2D eigenvalue weighted by Gasteiger charge is -2.11. The molecule has 3 aromatic carbocycles. The molecule has 0 radical (unpaired) electrons. The SMILES string of the molecule is COc1ccc(-c2nc(-c3ccc(OCc4ccccc4)c(OC)c3)no2)c(OC)c1. The average Bonchev–Trinajstić information content (AvgIpc) is 3.33. The van der Waals surface area contributed by atoms with Gasteiger partial charge in [0.2, 0.25) is 5.82 Å². The van der Waals surface area contributed by atoms with Crippen molar-refractivity contribution in [2.75, 3.05) is 21.3 Å². The van der Waals surface area contributed by atoms with Crippen LogP contribution in [0.3, 0.4) is 0 Å². The minimum atomic E-state index is 0.345. The van der Waals surface area contributed by atoms with E-state index in [2.05, 4.69) is 10.1 Å². The van der Waals surface area contributed by atoms with Crippen molar-refractivity contribution in [3.63, 3.8) is 0 Å². The van der Waals surface area contributed by atoms with Gasteiger partial charge in [0.25, 0.3) is 5.89 Å². The summed E-state index contributed by atoms with van der Waals surface area (Å²) in [6.07, 6.45) is 0. The Labute approximate surface area is 180 Å². The zero-order valence-electron chi connectivity index (χ0n) is 17.5. The molecule has 0 amide bonds. The highest BCUT2D eigenvalue weighted by atomic mass is 16.5. The van der Waals surface area contributed by atoms with Crippen LogP contribution in [0.5, 0.6) is 23.0 Å². The van der Waals surface area contributed by atoms with Crippen molar-refractivity contribution in [3.05, 3.63) is 72.3 Å². The van der Waals surface area contributed by atoms with Gasteiger partial charge in [0.1, 0.15) is 18.1 Å². The second-order valence-electron chi connectivity index (χ2n) is 6.63. The van der Waals surface area contributed by atoms with Crippen LogP contribution in [0.1, 0.15) is 5.56 Å². The number of aromatic nitrogens is 2. The monoisotopic (exact) mass is 418 g/mol. The van der Waals surface area contributed by atoms with E-state index in [1.54, 1.807) is 27.4 Å². The van der Waals surface area contributed by atoms with Gasteiger partial charge in [-0.05, 0) is 35.9 Å². The molecule has 31 heavy (non-hydrogen) atoms. The first kappa shape index (κ1) is 20.3. The van der Waals surface area contributed by atoms with Gasteiger partial charge in [0.05, 0.1) is 26.9 Å². The molecule has 4 rings (SSSR count). The summed E-state index contributed by atoms with van der Waals surface area (Å²) in [4.78, 5) is 4.52. The molecule has 0 aliphatic rings. The summed E-state index contributed by atoms with van der Waals surface area (Å²) in [6, 6.07) is 20.9. The van der Waals surface area contributed by atoms with E-state index in [9.17, 15) is 0 Å². The van der Waals surface area contributed by atoms with Crippen LogP contribution in [-0.2, 0) is 6.61 Å². The molecule has 0 saturated carbocycles. The Balaban J connectivity index is 1.57. The number of hydrogen-bond donors (Lipinski definition) is 0. The number of benzene rings is 3. The second kappa shape index (κ2) is 9.21. The van der Waals surface area contributed by atoms with Gasteiger partial charge in [-0.1, -0.05) is 35.5 Å². The van der Waals surface area contributed by atoms with Crippen molar-refractivity contribution in [3.8, 4) is 45.8 Å². The Morgan fingerprint density at radius 3 is 2.32 bits per heavy atom. The van der Waals surface area contributed by atoms with Crippen LogP contribution in [0.25, 0.3) is 22.8 Å². The van der Waals surface area contributed by atoms with E-state index in [4.69, 9.17) is 23.5 Å². The second-order valence-corrected chi connectivity index (χ2v) is 6.63. The van der Waals surface area contributed by atoms with Crippen molar-refractivity contribution in [1.82, 2.24) is 10.1 Å². The Bertz CT molecular complexity index is 1160. The maximum atomic E-state index is 5.91. The van der Waals surface area contributed by atoms with Crippen molar-refractivity contribution in [2.24, 2.45) is 0 Å². The molecule has 158 valence electrons. The fourth-order valence-electron chi connectivity index (χ4n) is 3.09. The summed E-state index contributed by atoms with van der Waals surface area (Å²) in [5.41, 5.74) is 2.49. The van der Waals surface area contributed by atoms with Crippen LogP contribution >= 0.6 is 0 Å². The summed E-state index contributed by atoms with van der Waals surface area (Å²) < 4.78 is 27.6. The summed E-state index contributed by atoms with van der Waals surface area (Å²) in [7, 11) is 4.77. The topological polar surface area (TPSA) is 75.8 Å². The molecule has 0 bridgehead atoms. The van der Waals surface area contributed by atoms with Crippen molar-refractivity contribution in [2.45, 2.75) is 6.61 Å². The molecule has 0 aliphatic carbocycles. The minimum Gasteiger partial charge on any atom is -0.497 e. The first-order chi connectivity index (χ1) is 15.2. The van der Waals surface area contributed by atoms with Crippen LogP contribution in [0, 0.1) is 0 Å². The average molecular weight is 418 g/mol. The predicted octanol–water partition coefficient (Wildman–Crippen LogP) is 5.01. The van der Waals surface area contributed by atoms with E-state index in [-0.39, 0.29) is 0 Å². The quantitative estimate of drug-likeness (QED) is 0.398. The largest absolute Gasteiger partial charge is 0.497 e. The molecule has 7 nitrogen and oxygen atoms in total. The van der Waals surface area contributed by atoms with E-state index in [1.807, 2.05) is 60.7 Å². The molecule has 0 fully saturated rings. The van der Waals surface area contributed by atoms with Gasteiger partial charge in [-0.15, -0.1) is 0 Å². The molecule has 1 aromatic heterocycles. The molecule has 0 N–H and O–H groups in total. The Morgan fingerprint density at radius 2 is 1.58 bits per heavy atom. The molecule has 0 saturated heterocycles. The van der Waals surface area contributed by atoms with Crippen molar-refractivity contribution >= 4 is 0 Å². The highest BCUT2D eigenvalue weighted by Crippen LogP contribution is 2.35. The van der Waals surface area contributed by atoms with Crippen LogP contribution in [0.4, 0.5) is 0 Å². The fourth-order valence-corrected chi connectivity index (χ4v) is 3.09. The molecule has 0 spiro atoms. The first-order valence-electron chi connectivity index (χ1n) is 9.63. The van der Waals surface area contributed by atoms with Gasteiger partial charge in [-0.25, -0.2) is 0 Å². The number of nitrogens with zero attached hydrogens (tertiary/aromatic N) is 2. The Kier molecular flexibility index (Phi) is 6.03. The van der Waals surface area contributed by atoms with Crippen LogP contribution in [-0.4, -0.2) is 31.5 Å². The van der Waals surface area contributed by atoms with E-state index in [0.717, 1.165) is 11.1 Å². The van der Waals surface area contributed by atoms with Crippen molar-refractivity contribution in [1.29, 1.82) is 0 Å². The first-order valence-corrected chi connectivity index (χ1v) is 9.63. The van der Waals surface area contributed by atoms with Gasteiger partial charge >= 0.3 is 0 Å². The van der Waals surface area contributed by atoms with Gasteiger partial charge in [0, 0.05) is 11.6 Å². The lowest BCUT2D eigenvalue weighted by Crippen LogP contribution is -1.98. The van der Waals surface area contributed by atoms with Crippen LogP contribution in [0.2, 0.25) is 0 Å². The third-order valence-electron chi connectivity index (χ3n) is 4.72. The molecular weight excluding hydrogens is 396 g/mol. The molecule has 1 heterocycles. The van der Waals surface area contributed by atoms with Gasteiger partial charge < -0.3 is 23.5 Å². The zero-order valence-corrected chi connectivity index (χ0v) is 17.5. The van der Waals surface area contributed by atoms with Crippen LogP contribution in [0.15, 0.2) is 71.3 Å². The highest BCUT2D eigenvalue weighted by molar-refractivity contribution is 5.67. The predicted molar refractivity (Wildman–Crippen MR) is 116 cm³/mol. The summed E-state index contributed by atoms with van der Waals surface area (Å²) in [5, 5.41) is 4.11. The van der Waals surface area contributed by atoms with E-state index in [1.165, 1.54) is 0 Å². The standard InChI is InChI=1S/C24H22N2O5/c1-27-18-10-11-19(21(14-18)28-2)24-25-23(26-31-24)17-9-12-20(22(13-17)29-3)30-15-16-7-5-4-6-8-16/h4-14H,15H2,1-3H3. The van der Waals surface area contributed by atoms with E-state index < -0.39 is 0 Å². The zero-order chi connectivity index (χ0) is 21.6. The molecular formula is C24H22N2O5. The highest BCUT2D eigenvalue weighted by Gasteiger charge is 2.17. The van der Waals surface area contributed by atoms with Gasteiger partial charge in [-0.2, -0.15) is 4.98 Å². The number of rotatable bonds is 8. The molecule has 7 heteroatoms. The lowest BCUT2D eigenvalue weighted by atomic mass is 10.1. The van der Waals surface area contributed by atoms with Gasteiger partial charge in [0.15, 0.2) is 11.5 Å². The summed E-state index contributed by atoms with van der Waals surface area (Å²) in [6.45, 7) is 0.445. The minimum absolute atomic E-state index is 0.345. The normalized spacial score (nSPS) is 10.5. The lowest BCUT2D eigenvalue weighted by molar-refractivity contribution is 0.284. The van der Waals surface area contributed by atoms with E-state index in [0.29, 0.717) is 46.9 Å². The summed E-state index contributed by atoms with van der Waals surface area (Å²) in [5.74, 6) is 3.25. The Morgan fingerprint density at radius 1 is 0.774 bits per heavy atom. The number of methoxy groups -OCH3 is 3. The summed E-state index contributed by atoms with van der Waals surface area (Å²) >= 11 is 0. The Hall–Kier alpha value is -4.00.